The number of benzene rings is 2. The molecule has 10 nitrogen and oxygen atoms in total. The summed E-state index contributed by atoms with van der Waals surface area (Å²) in [4.78, 5) is 42.4. The summed E-state index contributed by atoms with van der Waals surface area (Å²) in [6.07, 6.45) is -1.26. The molecule has 0 spiro atoms. The summed E-state index contributed by atoms with van der Waals surface area (Å²) in [5, 5.41) is 30.8. The second-order valence-electron chi connectivity index (χ2n) is 11.5. The van der Waals surface area contributed by atoms with Gasteiger partial charge in [-0.2, -0.15) is 0 Å². The van der Waals surface area contributed by atoms with Crippen molar-refractivity contribution in [1.29, 1.82) is 0 Å². The van der Waals surface area contributed by atoms with E-state index in [4.69, 9.17) is 0 Å². The minimum Gasteiger partial charge on any atom is -0.465 e. The van der Waals surface area contributed by atoms with Gasteiger partial charge in [-0.05, 0) is 63.4 Å². The highest BCUT2D eigenvalue weighted by atomic mass is 32.1. The molecule has 3 aromatic rings. The Morgan fingerprint density at radius 1 is 0.900 bits per heavy atom. The molecule has 0 aliphatic carbocycles. The number of aryl methyl sites for hydroxylation is 2. The van der Waals surface area contributed by atoms with Crippen LogP contribution in [0.1, 0.15) is 63.2 Å². The Morgan fingerprint density at radius 3 is 2.05 bits per heavy atom. The number of hydrogen-bond donors (Lipinski definition) is 5. The number of thiazole rings is 1. The van der Waals surface area contributed by atoms with Crippen LogP contribution in [0.4, 0.5) is 20.4 Å². The van der Waals surface area contributed by atoms with E-state index in [9.17, 15) is 24.6 Å². The molecule has 2 aromatic carbocycles. The first-order chi connectivity index (χ1) is 18.6. The fraction of sp³-hybridized carbons (Fsp3) is 0.379. The first-order valence-corrected chi connectivity index (χ1v) is 13.7. The van der Waals surface area contributed by atoms with Gasteiger partial charge in [-0.25, -0.2) is 14.6 Å². The van der Waals surface area contributed by atoms with Crippen LogP contribution in [0.5, 0.6) is 0 Å². The lowest BCUT2D eigenvalue weighted by atomic mass is 9.82. The zero-order valence-electron chi connectivity index (χ0n) is 23.6. The third-order valence-electron chi connectivity index (χ3n) is 6.33. The summed E-state index contributed by atoms with van der Waals surface area (Å²) in [6, 6.07) is 16.4. The van der Waals surface area contributed by atoms with Crippen LogP contribution < -0.4 is 16.0 Å². The monoisotopic (exact) mass is 567 g/mol. The summed E-state index contributed by atoms with van der Waals surface area (Å²) < 4.78 is 0. The number of carbonyl (C=O) groups excluding carboxylic acids is 1. The zero-order chi connectivity index (χ0) is 29.7. The number of carbonyl (C=O) groups is 3. The Balaban J connectivity index is 1.74. The molecule has 0 saturated carbocycles. The van der Waals surface area contributed by atoms with Crippen LogP contribution in [-0.2, 0) is 12.8 Å². The van der Waals surface area contributed by atoms with Crippen LogP contribution in [0, 0.1) is 5.41 Å². The molecule has 0 aliphatic heterocycles. The number of rotatable bonds is 9. The molecule has 1 aromatic heterocycles. The van der Waals surface area contributed by atoms with Gasteiger partial charge in [-0.3, -0.25) is 20.3 Å². The topological polar surface area (TPSA) is 144 Å². The molecule has 3 rings (SSSR count). The molecule has 214 valence electrons. The summed E-state index contributed by atoms with van der Waals surface area (Å²) in [5.74, 6) is -1.88. The second kappa shape index (κ2) is 12.0. The van der Waals surface area contributed by atoms with Crippen molar-refractivity contribution >= 4 is 40.2 Å². The van der Waals surface area contributed by atoms with Crippen LogP contribution in [0.2, 0.25) is 0 Å². The van der Waals surface area contributed by atoms with E-state index < -0.39 is 28.9 Å². The molecule has 0 fully saturated rings. The van der Waals surface area contributed by atoms with Gasteiger partial charge in [-0.15, -0.1) is 11.3 Å². The molecule has 0 radical (unpaired) electrons. The molecule has 5 N–H and O–H groups in total. The van der Waals surface area contributed by atoms with Gasteiger partial charge >= 0.3 is 12.2 Å². The standard InChI is InChI=1S/C29H37N5O5S/c1-27(2,3)29(33-25(36)37,34(26(38)39)28(4,5)6)32-21-15-12-19(13-16-21)14-17-22-18-40-24(30-22)31-23(35)20-10-8-7-9-11-20/h7-13,15-16,18,32-33H,14,17H2,1-6H3,(H,36,37)(H,38,39)(H,30,31,35). The molecular weight excluding hydrogens is 530 g/mol. The number of hydrogen-bond acceptors (Lipinski definition) is 6. The third kappa shape index (κ3) is 7.29. The molecule has 11 heteroatoms. The van der Waals surface area contributed by atoms with Crippen molar-refractivity contribution in [1.82, 2.24) is 15.2 Å². The Hall–Kier alpha value is -4.12. The lowest BCUT2D eigenvalue weighted by Gasteiger charge is -2.55. The van der Waals surface area contributed by atoms with Crippen molar-refractivity contribution in [2.75, 3.05) is 10.6 Å². The van der Waals surface area contributed by atoms with E-state index in [2.05, 4.69) is 20.9 Å². The Labute approximate surface area is 238 Å². The van der Waals surface area contributed by atoms with Crippen LogP contribution >= 0.6 is 11.3 Å². The molecule has 40 heavy (non-hydrogen) atoms. The van der Waals surface area contributed by atoms with Crippen LogP contribution in [0.15, 0.2) is 60.0 Å². The van der Waals surface area contributed by atoms with Gasteiger partial charge in [0.25, 0.3) is 5.91 Å². The van der Waals surface area contributed by atoms with Crippen molar-refractivity contribution in [2.24, 2.45) is 5.41 Å². The highest BCUT2D eigenvalue weighted by molar-refractivity contribution is 7.14. The van der Waals surface area contributed by atoms with E-state index in [0.717, 1.165) is 16.2 Å². The number of anilines is 2. The second-order valence-corrected chi connectivity index (χ2v) is 12.3. The average molecular weight is 568 g/mol. The largest absolute Gasteiger partial charge is 0.465 e. The molecule has 1 heterocycles. The number of aromatic nitrogens is 1. The lowest BCUT2D eigenvalue weighted by Crippen LogP contribution is -2.76. The SMILES string of the molecule is CC(C)(C)N(C(=O)O)C(NC(=O)O)(Nc1ccc(CCc2csc(NC(=O)c3ccccc3)n2)cc1)C(C)(C)C. The molecule has 0 saturated heterocycles. The number of amides is 3. The highest BCUT2D eigenvalue weighted by Crippen LogP contribution is 2.39. The average Bonchev–Trinajstić information content (AvgIpc) is 3.29. The van der Waals surface area contributed by atoms with Gasteiger partial charge in [0.15, 0.2) is 5.13 Å². The highest BCUT2D eigenvalue weighted by Gasteiger charge is 2.54. The van der Waals surface area contributed by atoms with Crippen molar-refractivity contribution in [3.8, 4) is 0 Å². The maximum absolute atomic E-state index is 12.4. The normalized spacial score (nSPS) is 13.2. The number of carboxylic acid groups (broad SMARTS) is 2. The van der Waals surface area contributed by atoms with E-state index >= 15 is 0 Å². The maximum atomic E-state index is 12.4. The first-order valence-electron chi connectivity index (χ1n) is 12.8. The van der Waals surface area contributed by atoms with Crippen molar-refractivity contribution < 1.29 is 24.6 Å². The van der Waals surface area contributed by atoms with Gasteiger partial charge in [0.05, 0.1) is 5.69 Å². The fourth-order valence-corrected chi connectivity index (χ4v) is 5.16. The van der Waals surface area contributed by atoms with Gasteiger partial charge in [0, 0.05) is 27.6 Å². The van der Waals surface area contributed by atoms with E-state index in [-0.39, 0.29) is 5.91 Å². The Kier molecular flexibility index (Phi) is 9.09. The zero-order valence-corrected chi connectivity index (χ0v) is 24.4. The minimum atomic E-state index is -1.67. The minimum absolute atomic E-state index is 0.207. The van der Waals surface area contributed by atoms with Gasteiger partial charge in [0.2, 0.25) is 5.79 Å². The van der Waals surface area contributed by atoms with Crippen molar-refractivity contribution in [3.05, 3.63) is 76.8 Å². The predicted molar refractivity (Wildman–Crippen MR) is 157 cm³/mol. The number of nitrogens with one attached hydrogen (secondary N) is 3. The van der Waals surface area contributed by atoms with Gasteiger partial charge in [-0.1, -0.05) is 51.1 Å². The molecule has 1 unspecified atom stereocenters. The molecule has 1 atom stereocenters. The Morgan fingerprint density at radius 2 is 1.52 bits per heavy atom. The number of nitrogens with zero attached hydrogens (tertiary/aromatic N) is 2. The van der Waals surface area contributed by atoms with E-state index in [1.54, 1.807) is 65.8 Å². The molecule has 0 bridgehead atoms. The van der Waals surface area contributed by atoms with Gasteiger partial charge < -0.3 is 15.5 Å². The van der Waals surface area contributed by atoms with Gasteiger partial charge in [0.1, 0.15) is 0 Å². The van der Waals surface area contributed by atoms with Crippen LogP contribution in [0.25, 0.3) is 0 Å². The summed E-state index contributed by atoms with van der Waals surface area (Å²) >= 11 is 1.37. The smallest absolute Gasteiger partial charge is 0.411 e. The van der Waals surface area contributed by atoms with Crippen LogP contribution in [-0.4, -0.2) is 49.5 Å². The van der Waals surface area contributed by atoms with E-state index in [1.807, 2.05) is 35.7 Å². The third-order valence-corrected chi connectivity index (χ3v) is 7.13. The fourth-order valence-electron chi connectivity index (χ4n) is 4.42. The quantitative estimate of drug-likeness (QED) is 0.190. The molecule has 3 amide bonds. The van der Waals surface area contributed by atoms with E-state index in [0.29, 0.717) is 29.2 Å². The van der Waals surface area contributed by atoms with Crippen molar-refractivity contribution in [2.45, 2.75) is 65.7 Å². The lowest BCUT2D eigenvalue weighted by molar-refractivity contribution is -0.0449. The molecular formula is C29H37N5O5S. The molecule has 0 aliphatic rings. The summed E-state index contributed by atoms with van der Waals surface area (Å²) in [7, 11) is 0. The first kappa shape index (κ1) is 30.4. The summed E-state index contributed by atoms with van der Waals surface area (Å²) in [5.41, 5.74) is 1.19. The maximum Gasteiger partial charge on any atom is 0.411 e. The summed E-state index contributed by atoms with van der Waals surface area (Å²) in [6.45, 7) is 10.5. The van der Waals surface area contributed by atoms with Crippen molar-refractivity contribution in [3.63, 3.8) is 0 Å². The predicted octanol–water partition coefficient (Wildman–Crippen LogP) is 6.34. The Bertz CT molecular complexity index is 1330. The van der Waals surface area contributed by atoms with Crippen LogP contribution in [0.3, 0.4) is 0 Å². The van der Waals surface area contributed by atoms with E-state index in [1.165, 1.54) is 11.3 Å².